The highest BCUT2D eigenvalue weighted by Gasteiger charge is 2.13. The van der Waals surface area contributed by atoms with Crippen LogP contribution in [0.25, 0.3) is 0 Å². The van der Waals surface area contributed by atoms with E-state index in [9.17, 15) is 4.79 Å². The van der Waals surface area contributed by atoms with Crippen LogP contribution in [0, 0.1) is 5.41 Å². The summed E-state index contributed by atoms with van der Waals surface area (Å²) in [6.45, 7) is 9.14. The molecule has 20 heavy (non-hydrogen) atoms. The molecule has 0 aromatic heterocycles. The summed E-state index contributed by atoms with van der Waals surface area (Å²) in [6, 6.07) is 6.93. The van der Waals surface area contributed by atoms with Crippen LogP contribution in [-0.2, 0) is 0 Å². The summed E-state index contributed by atoms with van der Waals surface area (Å²) in [7, 11) is 2.09. The lowest BCUT2D eigenvalue weighted by Crippen LogP contribution is -2.32. The minimum Gasteiger partial charge on any atom is -0.492 e. The fourth-order valence-electron chi connectivity index (χ4n) is 1.99. The molecular formula is C15H25N3O2. The second-order valence-electron chi connectivity index (χ2n) is 6.14. The molecule has 5 nitrogen and oxygen atoms in total. The van der Waals surface area contributed by atoms with Crippen LogP contribution in [0.4, 0.5) is 0 Å². The van der Waals surface area contributed by atoms with Crippen LogP contribution in [0.3, 0.4) is 0 Å². The third-order valence-electron chi connectivity index (χ3n) is 2.73. The van der Waals surface area contributed by atoms with Gasteiger partial charge < -0.3 is 9.64 Å². The summed E-state index contributed by atoms with van der Waals surface area (Å²) >= 11 is 0. The van der Waals surface area contributed by atoms with E-state index in [-0.39, 0.29) is 11.3 Å². The first-order chi connectivity index (χ1) is 9.31. The van der Waals surface area contributed by atoms with Crippen molar-refractivity contribution in [2.45, 2.75) is 20.8 Å². The lowest BCUT2D eigenvalue weighted by atomic mass is 9.96. The number of rotatable bonds is 6. The van der Waals surface area contributed by atoms with E-state index in [1.165, 1.54) is 0 Å². The van der Waals surface area contributed by atoms with Gasteiger partial charge in [0.1, 0.15) is 12.4 Å². The normalized spacial score (nSPS) is 11.5. The Hall–Kier alpha value is -1.59. The second-order valence-corrected chi connectivity index (χ2v) is 6.14. The van der Waals surface area contributed by atoms with E-state index >= 15 is 0 Å². The molecule has 0 heterocycles. The van der Waals surface area contributed by atoms with Crippen molar-refractivity contribution in [3.63, 3.8) is 0 Å². The van der Waals surface area contributed by atoms with Crippen molar-refractivity contribution in [1.82, 2.24) is 10.3 Å². The monoisotopic (exact) mass is 279 g/mol. The van der Waals surface area contributed by atoms with Gasteiger partial charge in [-0.15, -0.1) is 0 Å². The fraction of sp³-hybridized carbons (Fsp3) is 0.533. The fourth-order valence-corrected chi connectivity index (χ4v) is 1.99. The first-order valence-electron chi connectivity index (χ1n) is 6.74. The molecule has 0 saturated carbocycles. The van der Waals surface area contributed by atoms with Gasteiger partial charge in [-0.3, -0.25) is 10.2 Å². The lowest BCUT2D eigenvalue weighted by Gasteiger charge is -2.26. The average molecular weight is 279 g/mol. The number of hydrogen-bond donors (Lipinski definition) is 2. The summed E-state index contributed by atoms with van der Waals surface area (Å²) in [5.41, 5.74) is 2.90. The van der Waals surface area contributed by atoms with Crippen molar-refractivity contribution in [2.24, 2.45) is 11.3 Å². The molecule has 5 heteroatoms. The van der Waals surface area contributed by atoms with Crippen LogP contribution in [0.2, 0.25) is 0 Å². The van der Waals surface area contributed by atoms with E-state index in [4.69, 9.17) is 10.6 Å². The highest BCUT2D eigenvalue weighted by atomic mass is 16.5. The molecule has 0 aliphatic rings. The summed E-state index contributed by atoms with van der Waals surface area (Å²) in [6.07, 6.45) is 0. The molecule has 0 radical (unpaired) electrons. The molecule has 1 rings (SSSR count). The number of amides is 1. The maximum absolute atomic E-state index is 11.3. The number of ether oxygens (including phenoxy) is 1. The van der Waals surface area contributed by atoms with Gasteiger partial charge in [-0.1, -0.05) is 20.8 Å². The number of nitrogen functional groups attached to an aromatic ring is 1. The Balaban J connectivity index is 2.37. The summed E-state index contributed by atoms with van der Waals surface area (Å²) in [5, 5.41) is 0. The molecular weight excluding hydrogens is 254 g/mol. The van der Waals surface area contributed by atoms with Crippen LogP contribution >= 0.6 is 0 Å². The Morgan fingerprint density at radius 1 is 1.30 bits per heavy atom. The van der Waals surface area contributed by atoms with Gasteiger partial charge in [0.15, 0.2) is 0 Å². The molecule has 112 valence electrons. The van der Waals surface area contributed by atoms with Gasteiger partial charge in [-0.2, -0.15) is 0 Å². The summed E-state index contributed by atoms with van der Waals surface area (Å²) in [5.74, 6) is 5.52. The zero-order valence-electron chi connectivity index (χ0n) is 12.8. The van der Waals surface area contributed by atoms with Gasteiger partial charge in [-0.05, 0) is 36.7 Å². The van der Waals surface area contributed by atoms with Gasteiger partial charge >= 0.3 is 0 Å². The Morgan fingerprint density at radius 2 is 1.90 bits per heavy atom. The van der Waals surface area contributed by atoms with Crippen LogP contribution in [0.15, 0.2) is 24.3 Å². The van der Waals surface area contributed by atoms with Gasteiger partial charge in [0.2, 0.25) is 0 Å². The number of carbonyl (C=O) groups is 1. The van der Waals surface area contributed by atoms with Gasteiger partial charge in [-0.25, -0.2) is 5.84 Å². The number of hydrogen-bond acceptors (Lipinski definition) is 4. The number of likely N-dealkylation sites (N-methyl/N-ethyl adjacent to an activating group) is 1. The smallest absolute Gasteiger partial charge is 0.265 e. The number of hydrazine groups is 1. The first-order valence-corrected chi connectivity index (χ1v) is 6.74. The van der Waals surface area contributed by atoms with Crippen LogP contribution < -0.4 is 16.0 Å². The molecule has 1 amide bonds. The van der Waals surface area contributed by atoms with E-state index in [0.717, 1.165) is 18.8 Å². The zero-order valence-corrected chi connectivity index (χ0v) is 12.8. The maximum Gasteiger partial charge on any atom is 0.265 e. The summed E-state index contributed by atoms with van der Waals surface area (Å²) < 4.78 is 5.65. The molecule has 0 atom stereocenters. The molecule has 0 aliphatic carbocycles. The molecule has 0 aliphatic heterocycles. The molecule has 0 spiro atoms. The molecule has 1 aromatic carbocycles. The molecule has 3 N–H and O–H groups in total. The lowest BCUT2D eigenvalue weighted by molar-refractivity contribution is 0.0953. The van der Waals surface area contributed by atoms with Gasteiger partial charge in [0.25, 0.3) is 5.91 Å². The number of carbonyl (C=O) groups excluding carboxylic acids is 1. The second kappa shape index (κ2) is 7.26. The number of nitrogens with two attached hydrogens (primary N) is 1. The standard InChI is InChI=1S/C15H25N3O2/c1-15(2,3)11-18(4)9-10-20-13-7-5-12(6-8-13)14(19)17-16/h5-8H,9-11,16H2,1-4H3,(H,17,19). The van der Waals surface area contributed by atoms with Crippen LogP contribution in [0.1, 0.15) is 31.1 Å². The maximum atomic E-state index is 11.3. The largest absolute Gasteiger partial charge is 0.492 e. The zero-order chi connectivity index (χ0) is 15.2. The van der Waals surface area contributed by atoms with Crippen molar-refractivity contribution in [2.75, 3.05) is 26.7 Å². The highest BCUT2D eigenvalue weighted by Crippen LogP contribution is 2.15. The SMILES string of the molecule is CN(CCOc1ccc(C(=O)NN)cc1)CC(C)(C)C. The number of benzene rings is 1. The van der Waals surface area contributed by atoms with Gasteiger partial charge in [0, 0.05) is 18.7 Å². The molecule has 1 aromatic rings. The van der Waals surface area contributed by atoms with Crippen LogP contribution in [-0.4, -0.2) is 37.6 Å². The third-order valence-corrected chi connectivity index (χ3v) is 2.73. The van der Waals surface area contributed by atoms with Crippen molar-refractivity contribution in [1.29, 1.82) is 0 Å². The first kappa shape index (κ1) is 16.5. The molecule has 0 saturated heterocycles. The number of nitrogens with zero attached hydrogens (tertiary/aromatic N) is 1. The topological polar surface area (TPSA) is 67.6 Å². The minimum atomic E-state index is -0.304. The minimum absolute atomic E-state index is 0.284. The Morgan fingerprint density at radius 3 is 2.40 bits per heavy atom. The molecule has 0 fully saturated rings. The van der Waals surface area contributed by atoms with Crippen LogP contribution in [0.5, 0.6) is 5.75 Å². The van der Waals surface area contributed by atoms with E-state index in [0.29, 0.717) is 12.2 Å². The Labute approximate surface area is 121 Å². The van der Waals surface area contributed by atoms with Crippen molar-refractivity contribution in [3.05, 3.63) is 29.8 Å². The molecule has 0 bridgehead atoms. The quantitative estimate of drug-likeness (QED) is 0.472. The number of nitrogens with one attached hydrogen (secondary N) is 1. The highest BCUT2D eigenvalue weighted by molar-refractivity contribution is 5.93. The Kier molecular flexibility index (Phi) is 5.98. The average Bonchev–Trinajstić information content (AvgIpc) is 2.36. The predicted octanol–water partition coefficient (Wildman–Crippen LogP) is 1.65. The van der Waals surface area contributed by atoms with Crippen molar-refractivity contribution >= 4 is 5.91 Å². The van der Waals surface area contributed by atoms with E-state index in [2.05, 4.69) is 38.1 Å². The Bertz CT molecular complexity index is 424. The van der Waals surface area contributed by atoms with E-state index < -0.39 is 0 Å². The van der Waals surface area contributed by atoms with E-state index in [1.807, 2.05) is 0 Å². The molecule has 0 unspecified atom stereocenters. The summed E-state index contributed by atoms with van der Waals surface area (Å²) in [4.78, 5) is 13.5. The van der Waals surface area contributed by atoms with E-state index in [1.54, 1.807) is 24.3 Å². The predicted molar refractivity (Wildman–Crippen MR) is 80.5 cm³/mol. The van der Waals surface area contributed by atoms with Gasteiger partial charge in [0.05, 0.1) is 0 Å². The van der Waals surface area contributed by atoms with Crippen molar-refractivity contribution < 1.29 is 9.53 Å². The third kappa shape index (κ3) is 6.04. The van der Waals surface area contributed by atoms with Crippen molar-refractivity contribution in [3.8, 4) is 5.75 Å².